The van der Waals surface area contributed by atoms with E-state index < -0.39 is 0 Å². The Hall–Kier alpha value is -1.09. The lowest BCUT2D eigenvalue weighted by Crippen LogP contribution is -2.20. The molecular weight excluding hydrogens is 162 g/mol. The summed E-state index contributed by atoms with van der Waals surface area (Å²) in [5.41, 5.74) is 2.71. The van der Waals surface area contributed by atoms with Crippen LogP contribution < -0.4 is 5.32 Å². The molecule has 3 heteroatoms. The third-order valence-corrected chi connectivity index (χ3v) is 2.41. The van der Waals surface area contributed by atoms with Crippen LogP contribution in [0.15, 0.2) is 18.3 Å². The van der Waals surface area contributed by atoms with Crippen molar-refractivity contribution in [3.8, 4) is 0 Å². The summed E-state index contributed by atoms with van der Waals surface area (Å²) in [6, 6.07) is 2.10. The molecule has 1 aliphatic heterocycles. The van der Waals surface area contributed by atoms with E-state index in [0.29, 0.717) is 0 Å². The van der Waals surface area contributed by atoms with Gasteiger partial charge in [-0.05, 0) is 31.5 Å². The van der Waals surface area contributed by atoms with Crippen LogP contribution in [0.1, 0.15) is 19.0 Å². The Kier molecular flexibility index (Phi) is 2.45. The number of aromatic nitrogens is 2. The van der Waals surface area contributed by atoms with E-state index in [4.69, 9.17) is 0 Å². The van der Waals surface area contributed by atoms with Crippen molar-refractivity contribution in [1.82, 2.24) is 15.1 Å². The third kappa shape index (κ3) is 1.65. The van der Waals surface area contributed by atoms with E-state index in [9.17, 15) is 0 Å². The van der Waals surface area contributed by atoms with E-state index in [0.717, 1.165) is 26.1 Å². The minimum Gasteiger partial charge on any atom is -0.313 e. The molecule has 0 fully saturated rings. The van der Waals surface area contributed by atoms with E-state index in [1.165, 1.54) is 11.3 Å². The molecule has 0 amide bonds. The SMILES string of the molecule is CCn1nccc1C1=CCNCC1. The molecule has 0 atom stereocenters. The molecule has 1 aromatic heterocycles. The second-order valence-electron chi connectivity index (χ2n) is 3.22. The van der Waals surface area contributed by atoms with E-state index in [1.807, 2.05) is 6.20 Å². The summed E-state index contributed by atoms with van der Waals surface area (Å²) in [5.74, 6) is 0. The molecule has 0 saturated carbocycles. The summed E-state index contributed by atoms with van der Waals surface area (Å²) in [6.07, 6.45) is 5.25. The van der Waals surface area contributed by atoms with Crippen LogP contribution in [0.25, 0.3) is 5.57 Å². The summed E-state index contributed by atoms with van der Waals surface area (Å²) >= 11 is 0. The van der Waals surface area contributed by atoms with Crippen LogP contribution >= 0.6 is 0 Å². The molecule has 0 bridgehead atoms. The number of nitrogens with zero attached hydrogens (tertiary/aromatic N) is 2. The first-order valence-electron chi connectivity index (χ1n) is 4.83. The summed E-state index contributed by atoms with van der Waals surface area (Å²) < 4.78 is 2.05. The fourth-order valence-corrected chi connectivity index (χ4v) is 1.71. The molecule has 0 radical (unpaired) electrons. The fraction of sp³-hybridized carbons (Fsp3) is 0.500. The van der Waals surface area contributed by atoms with Gasteiger partial charge >= 0.3 is 0 Å². The number of hydrogen-bond acceptors (Lipinski definition) is 2. The largest absolute Gasteiger partial charge is 0.313 e. The van der Waals surface area contributed by atoms with Gasteiger partial charge < -0.3 is 5.32 Å². The maximum atomic E-state index is 4.27. The van der Waals surface area contributed by atoms with E-state index in [-0.39, 0.29) is 0 Å². The van der Waals surface area contributed by atoms with Crippen LogP contribution in [0.5, 0.6) is 0 Å². The lowest BCUT2D eigenvalue weighted by Gasteiger charge is -2.14. The predicted octanol–water partition coefficient (Wildman–Crippen LogP) is 1.28. The van der Waals surface area contributed by atoms with Crippen molar-refractivity contribution in [2.24, 2.45) is 0 Å². The molecule has 2 rings (SSSR count). The van der Waals surface area contributed by atoms with Crippen LogP contribution in [-0.2, 0) is 6.54 Å². The van der Waals surface area contributed by atoms with Gasteiger partial charge in [0.1, 0.15) is 0 Å². The Morgan fingerprint density at radius 2 is 2.54 bits per heavy atom. The molecule has 0 spiro atoms. The first kappa shape index (κ1) is 8.51. The zero-order chi connectivity index (χ0) is 9.10. The van der Waals surface area contributed by atoms with Gasteiger partial charge in [0.05, 0.1) is 5.69 Å². The summed E-state index contributed by atoms with van der Waals surface area (Å²) in [6.45, 7) is 5.15. The maximum absolute atomic E-state index is 4.27. The number of hydrogen-bond donors (Lipinski definition) is 1. The van der Waals surface area contributed by atoms with Gasteiger partial charge in [0.25, 0.3) is 0 Å². The molecule has 0 aromatic carbocycles. The van der Waals surface area contributed by atoms with Crippen molar-refractivity contribution < 1.29 is 0 Å². The maximum Gasteiger partial charge on any atom is 0.0639 e. The second-order valence-corrected chi connectivity index (χ2v) is 3.22. The zero-order valence-corrected chi connectivity index (χ0v) is 7.95. The summed E-state index contributed by atoms with van der Waals surface area (Å²) in [7, 11) is 0. The molecule has 1 aliphatic rings. The van der Waals surface area contributed by atoms with E-state index >= 15 is 0 Å². The monoisotopic (exact) mass is 177 g/mol. The Bertz CT molecular complexity index is 312. The third-order valence-electron chi connectivity index (χ3n) is 2.41. The highest BCUT2D eigenvalue weighted by molar-refractivity contribution is 5.63. The van der Waals surface area contributed by atoms with Crippen molar-refractivity contribution >= 4 is 5.57 Å². The lowest BCUT2D eigenvalue weighted by atomic mass is 10.1. The first-order chi connectivity index (χ1) is 6.42. The van der Waals surface area contributed by atoms with Crippen molar-refractivity contribution in [2.45, 2.75) is 19.9 Å². The van der Waals surface area contributed by atoms with E-state index in [2.05, 4.69) is 34.2 Å². The lowest BCUT2D eigenvalue weighted by molar-refractivity contribution is 0.643. The first-order valence-corrected chi connectivity index (χ1v) is 4.83. The van der Waals surface area contributed by atoms with Gasteiger partial charge in [0.2, 0.25) is 0 Å². The van der Waals surface area contributed by atoms with Gasteiger partial charge in [-0.15, -0.1) is 0 Å². The van der Waals surface area contributed by atoms with Crippen LogP contribution in [0, 0.1) is 0 Å². The molecule has 0 unspecified atom stereocenters. The zero-order valence-electron chi connectivity index (χ0n) is 7.95. The van der Waals surface area contributed by atoms with Gasteiger partial charge in [-0.25, -0.2) is 0 Å². The minimum absolute atomic E-state index is 0.951. The molecule has 1 N–H and O–H groups in total. The molecule has 13 heavy (non-hydrogen) atoms. The normalized spacial score (nSPS) is 17.2. The van der Waals surface area contributed by atoms with Crippen LogP contribution in [0.4, 0.5) is 0 Å². The highest BCUT2D eigenvalue weighted by Gasteiger charge is 2.09. The van der Waals surface area contributed by atoms with Crippen LogP contribution in [-0.4, -0.2) is 22.9 Å². The Morgan fingerprint density at radius 3 is 3.23 bits per heavy atom. The number of nitrogens with one attached hydrogen (secondary N) is 1. The highest BCUT2D eigenvalue weighted by atomic mass is 15.3. The molecule has 70 valence electrons. The smallest absolute Gasteiger partial charge is 0.0639 e. The average Bonchev–Trinajstić information content (AvgIpc) is 2.67. The van der Waals surface area contributed by atoms with Gasteiger partial charge in [-0.1, -0.05) is 6.08 Å². The topological polar surface area (TPSA) is 29.9 Å². The summed E-state index contributed by atoms with van der Waals surface area (Å²) in [4.78, 5) is 0. The van der Waals surface area contributed by atoms with Gasteiger partial charge in [-0.2, -0.15) is 5.10 Å². The minimum atomic E-state index is 0.951. The molecule has 0 aliphatic carbocycles. The average molecular weight is 177 g/mol. The fourth-order valence-electron chi connectivity index (χ4n) is 1.71. The highest BCUT2D eigenvalue weighted by Crippen LogP contribution is 2.18. The molecule has 2 heterocycles. The molecular formula is C10H15N3. The van der Waals surface area contributed by atoms with Crippen LogP contribution in [0.3, 0.4) is 0 Å². The molecule has 0 saturated heterocycles. The predicted molar refractivity (Wildman–Crippen MR) is 53.4 cm³/mol. The summed E-state index contributed by atoms with van der Waals surface area (Å²) in [5, 5.41) is 7.57. The van der Waals surface area contributed by atoms with Gasteiger partial charge in [0, 0.05) is 19.3 Å². The Balaban J connectivity index is 2.28. The second kappa shape index (κ2) is 3.75. The van der Waals surface area contributed by atoms with Gasteiger partial charge in [-0.3, -0.25) is 4.68 Å². The van der Waals surface area contributed by atoms with Crippen molar-refractivity contribution in [2.75, 3.05) is 13.1 Å². The Morgan fingerprint density at radius 1 is 1.62 bits per heavy atom. The van der Waals surface area contributed by atoms with E-state index in [1.54, 1.807) is 0 Å². The molecule has 3 nitrogen and oxygen atoms in total. The standard InChI is InChI=1S/C10H15N3/c1-2-13-10(5-8-12-13)9-3-6-11-7-4-9/h3,5,8,11H,2,4,6-7H2,1H3. The van der Waals surface area contributed by atoms with Crippen LogP contribution in [0.2, 0.25) is 0 Å². The number of aryl methyl sites for hydroxylation is 1. The number of rotatable bonds is 2. The van der Waals surface area contributed by atoms with Crippen molar-refractivity contribution in [1.29, 1.82) is 0 Å². The quantitative estimate of drug-likeness (QED) is 0.737. The van der Waals surface area contributed by atoms with Crippen molar-refractivity contribution in [3.05, 3.63) is 24.0 Å². The van der Waals surface area contributed by atoms with Crippen molar-refractivity contribution in [3.63, 3.8) is 0 Å². The van der Waals surface area contributed by atoms with Gasteiger partial charge in [0.15, 0.2) is 0 Å². The molecule has 1 aromatic rings. The Labute approximate surface area is 78.4 Å².